The first-order valence-corrected chi connectivity index (χ1v) is 6.64. The number of aliphatic hydroxyl groups is 1. The molecule has 4 nitrogen and oxygen atoms in total. The second-order valence-electron chi connectivity index (χ2n) is 5.31. The van der Waals surface area contributed by atoms with E-state index in [0.717, 1.165) is 16.9 Å². The molecule has 4 heteroatoms. The summed E-state index contributed by atoms with van der Waals surface area (Å²) in [5.41, 5.74) is 1.52. The van der Waals surface area contributed by atoms with Gasteiger partial charge < -0.3 is 14.7 Å². The Balaban J connectivity index is 1.87. The predicted octanol–water partition coefficient (Wildman–Crippen LogP) is 1.67. The van der Waals surface area contributed by atoms with Crippen molar-refractivity contribution in [3.63, 3.8) is 0 Å². The molecular formula is C15H21NO3. The monoisotopic (exact) mass is 263 g/mol. The van der Waals surface area contributed by atoms with Crippen LogP contribution in [0.4, 0.5) is 0 Å². The zero-order valence-electron chi connectivity index (χ0n) is 11.8. The Labute approximate surface area is 114 Å². The maximum absolute atomic E-state index is 11.9. The van der Waals surface area contributed by atoms with Crippen LogP contribution in [-0.2, 0) is 4.79 Å². The van der Waals surface area contributed by atoms with Gasteiger partial charge in [0, 0.05) is 0 Å². The molecule has 1 aromatic rings. The van der Waals surface area contributed by atoms with Crippen molar-refractivity contribution < 1.29 is 14.6 Å². The lowest BCUT2D eigenvalue weighted by Crippen LogP contribution is -2.63. The Morgan fingerprint density at radius 1 is 1.42 bits per heavy atom. The van der Waals surface area contributed by atoms with E-state index in [2.05, 4.69) is 0 Å². The number of amides is 1. The number of carbonyl (C=O) groups is 1. The third kappa shape index (κ3) is 2.89. The SMILES string of the molecule is CCC1(O)CN(C(=O)COc2cccc(C)c2C)C1. The van der Waals surface area contributed by atoms with E-state index < -0.39 is 5.60 Å². The highest BCUT2D eigenvalue weighted by Gasteiger charge is 2.41. The zero-order valence-corrected chi connectivity index (χ0v) is 11.8. The molecule has 0 saturated carbocycles. The van der Waals surface area contributed by atoms with E-state index in [4.69, 9.17) is 4.74 Å². The van der Waals surface area contributed by atoms with Crippen LogP contribution < -0.4 is 4.74 Å². The lowest BCUT2D eigenvalue weighted by atomic mass is 9.91. The summed E-state index contributed by atoms with van der Waals surface area (Å²) >= 11 is 0. The Bertz CT molecular complexity index is 478. The average molecular weight is 263 g/mol. The Hall–Kier alpha value is -1.55. The second-order valence-corrected chi connectivity index (χ2v) is 5.31. The van der Waals surface area contributed by atoms with E-state index in [1.165, 1.54) is 0 Å². The highest BCUT2D eigenvalue weighted by molar-refractivity contribution is 5.79. The summed E-state index contributed by atoms with van der Waals surface area (Å²) in [5, 5.41) is 9.87. The molecule has 0 unspecified atom stereocenters. The normalized spacial score (nSPS) is 16.9. The van der Waals surface area contributed by atoms with E-state index in [-0.39, 0.29) is 12.5 Å². The first-order valence-electron chi connectivity index (χ1n) is 6.64. The molecule has 2 rings (SSSR count). The summed E-state index contributed by atoms with van der Waals surface area (Å²) in [6, 6.07) is 5.80. The molecule has 1 amide bonds. The summed E-state index contributed by atoms with van der Waals surface area (Å²) < 4.78 is 5.57. The van der Waals surface area contributed by atoms with Gasteiger partial charge >= 0.3 is 0 Å². The van der Waals surface area contributed by atoms with Gasteiger partial charge in [0.15, 0.2) is 6.61 Å². The smallest absolute Gasteiger partial charge is 0.260 e. The van der Waals surface area contributed by atoms with Gasteiger partial charge in [-0.1, -0.05) is 19.1 Å². The number of hydrogen-bond acceptors (Lipinski definition) is 3. The van der Waals surface area contributed by atoms with Crippen LogP contribution in [0.2, 0.25) is 0 Å². The van der Waals surface area contributed by atoms with E-state index >= 15 is 0 Å². The molecular weight excluding hydrogens is 242 g/mol. The fourth-order valence-corrected chi connectivity index (χ4v) is 2.18. The maximum atomic E-state index is 11.9. The van der Waals surface area contributed by atoms with Crippen LogP contribution >= 0.6 is 0 Å². The molecule has 1 aromatic carbocycles. The van der Waals surface area contributed by atoms with Crippen LogP contribution in [0.5, 0.6) is 5.75 Å². The summed E-state index contributed by atoms with van der Waals surface area (Å²) in [6.07, 6.45) is 0.675. The maximum Gasteiger partial charge on any atom is 0.260 e. The Morgan fingerprint density at radius 2 is 2.11 bits per heavy atom. The van der Waals surface area contributed by atoms with E-state index in [9.17, 15) is 9.90 Å². The topological polar surface area (TPSA) is 49.8 Å². The molecule has 1 heterocycles. The van der Waals surface area contributed by atoms with Gasteiger partial charge in [-0.3, -0.25) is 4.79 Å². The number of likely N-dealkylation sites (tertiary alicyclic amines) is 1. The van der Waals surface area contributed by atoms with Gasteiger partial charge in [0.1, 0.15) is 5.75 Å². The molecule has 1 N–H and O–H groups in total. The fourth-order valence-electron chi connectivity index (χ4n) is 2.18. The number of β-amino-alcohol motifs (C(OH)–C–C–N with tert-alkyl or cyclic N) is 1. The molecule has 19 heavy (non-hydrogen) atoms. The fraction of sp³-hybridized carbons (Fsp3) is 0.533. The Kier molecular flexibility index (Phi) is 3.80. The average Bonchev–Trinajstić information content (AvgIpc) is 2.36. The van der Waals surface area contributed by atoms with Crippen molar-refractivity contribution in [1.29, 1.82) is 0 Å². The van der Waals surface area contributed by atoms with Crippen molar-refractivity contribution in [1.82, 2.24) is 4.90 Å². The van der Waals surface area contributed by atoms with Gasteiger partial charge in [-0.05, 0) is 37.5 Å². The number of ether oxygens (including phenoxy) is 1. The molecule has 0 bridgehead atoms. The van der Waals surface area contributed by atoms with Gasteiger partial charge in [-0.25, -0.2) is 0 Å². The molecule has 1 aliphatic rings. The van der Waals surface area contributed by atoms with Crippen LogP contribution in [0.25, 0.3) is 0 Å². The first kappa shape index (κ1) is 13.9. The third-order valence-corrected chi connectivity index (χ3v) is 3.89. The minimum atomic E-state index is -0.686. The van der Waals surface area contributed by atoms with Crippen LogP contribution in [0.3, 0.4) is 0 Å². The molecule has 1 saturated heterocycles. The summed E-state index contributed by atoms with van der Waals surface area (Å²) in [4.78, 5) is 13.5. The lowest BCUT2D eigenvalue weighted by Gasteiger charge is -2.45. The molecule has 0 atom stereocenters. The largest absolute Gasteiger partial charge is 0.483 e. The summed E-state index contributed by atoms with van der Waals surface area (Å²) in [6.45, 7) is 6.78. The molecule has 104 valence electrons. The number of nitrogens with zero attached hydrogens (tertiary/aromatic N) is 1. The summed E-state index contributed by atoms with van der Waals surface area (Å²) in [5.74, 6) is 0.679. The molecule has 1 aliphatic heterocycles. The minimum absolute atomic E-state index is 0.0318. The molecule has 0 aliphatic carbocycles. The second kappa shape index (κ2) is 5.21. The zero-order chi connectivity index (χ0) is 14.0. The quantitative estimate of drug-likeness (QED) is 0.899. The van der Waals surface area contributed by atoms with Gasteiger partial charge in [-0.2, -0.15) is 0 Å². The highest BCUT2D eigenvalue weighted by Crippen LogP contribution is 2.25. The van der Waals surface area contributed by atoms with E-state index in [0.29, 0.717) is 19.5 Å². The van der Waals surface area contributed by atoms with E-state index in [1.54, 1.807) is 4.90 Å². The first-order chi connectivity index (χ1) is 8.95. The van der Waals surface area contributed by atoms with Crippen molar-refractivity contribution in [2.75, 3.05) is 19.7 Å². The highest BCUT2D eigenvalue weighted by atomic mass is 16.5. The number of rotatable bonds is 4. The van der Waals surface area contributed by atoms with Crippen LogP contribution in [0, 0.1) is 13.8 Å². The number of carbonyl (C=O) groups excluding carboxylic acids is 1. The van der Waals surface area contributed by atoms with Crippen LogP contribution in [0.1, 0.15) is 24.5 Å². The summed E-state index contributed by atoms with van der Waals surface area (Å²) in [7, 11) is 0. The van der Waals surface area contributed by atoms with Crippen molar-refractivity contribution in [3.05, 3.63) is 29.3 Å². The third-order valence-electron chi connectivity index (χ3n) is 3.89. The van der Waals surface area contributed by atoms with Gasteiger partial charge in [0.05, 0.1) is 18.7 Å². The van der Waals surface area contributed by atoms with Gasteiger partial charge in [0.2, 0.25) is 0 Å². The van der Waals surface area contributed by atoms with Crippen LogP contribution in [-0.4, -0.2) is 41.2 Å². The molecule has 0 spiro atoms. The van der Waals surface area contributed by atoms with Crippen molar-refractivity contribution in [3.8, 4) is 5.75 Å². The number of hydrogen-bond donors (Lipinski definition) is 1. The van der Waals surface area contributed by atoms with Gasteiger partial charge in [0.25, 0.3) is 5.91 Å². The van der Waals surface area contributed by atoms with Crippen molar-refractivity contribution in [2.24, 2.45) is 0 Å². The molecule has 1 fully saturated rings. The Morgan fingerprint density at radius 3 is 2.74 bits per heavy atom. The molecule has 0 aromatic heterocycles. The molecule has 0 radical (unpaired) electrons. The number of aryl methyl sites for hydroxylation is 1. The number of benzene rings is 1. The predicted molar refractivity (Wildman–Crippen MR) is 73.2 cm³/mol. The van der Waals surface area contributed by atoms with Crippen molar-refractivity contribution >= 4 is 5.91 Å². The lowest BCUT2D eigenvalue weighted by molar-refractivity contribution is -0.157. The van der Waals surface area contributed by atoms with Gasteiger partial charge in [-0.15, -0.1) is 0 Å². The van der Waals surface area contributed by atoms with Crippen molar-refractivity contribution in [2.45, 2.75) is 32.8 Å². The van der Waals surface area contributed by atoms with Crippen LogP contribution in [0.15, 0.2) is 18.2 Å². The van der Waals surface area contributed by atoms with E-state index in [1.807, 2.05) is 39.0 Å². The minimum Gasteiger partial charge on any atom is -0.483 e. The standard InChI is InChI=1S/C15H21NO3/c1-4-15(18)9-16(10-15)14(17)8-19-13-7-5-6-11(2)12(13)3/h5-7,18H,4,8-10H2,1-3H3.